The van der Waals surface area contributed by atoms with Crippen LogP contribution in [0.4, 0.5) is 15.8 Å². The average molecular weight is 473 g/mol. The Morgan fingerprint density at radius 3 is 2.15 bits per heavy atom. The molecular weight excluding hydrogens is 451 g/mol. The van der Waals surface area contributed by atoms with E-state index in [1.165, 1.54) is 17.0 Å². The van der Waals surface area contributed by atoms with Crippen molar-refractivity contribution >= 4 is 40.7 Å². The van der Waals surface area contributed by atoms with E-state index in [-0.39, 0.29) is 28.5 Å². The molecule has 0 unspecified atom stereocenters. The van der Waals surface area contributed by atoms with Crippen molar-refractivity contribution in [3.8, 4) is 0 Å². The standard InChI is InChI=1S/C22H22ClFN6O3/c1-22(2,26)10-30-11-27-17(18(30)19(25)31)21(33)29-14-6-4-13(5-7-14)28-20(32)15-8-3-12(24)9-16(15)23/h3-9,11H,10,26H2,1-2H3,(H2,25,31)(H,28,32)(H,29,33). The lowest BCUT2D eigenvalue weighted by Gasteiger charge is -2.20. The van der Waals surface area contributed by atoms with Crippen molar-refractivity contribution in [2.75, 3.05) is 10.6 Å². The summed E-state index contributed by atoms with van der Waals surface area (Å²) < 4.78 is 14.6. The lowest BCUT2D eigenvalue weighted by atomic mass is 10.1. The highest BCUT2D eigenvalue weighted by Crippen LogP contribution is 2.21. The minimum absolute atomic E-state index is 0.0147. The Labute approximate surface area is 193 Å². The molecule has 6 N–H and O–H groups in total. The molecule has 11 heteroatoms. The minimum atomic E-state index is -0.806. The monoisotopic (exact) mass is 472 g/mol. The summed E-state index contributed by atoms with van der Waals surface area (Å²) in [6, 6.07) is 9.65. The van der Waals surface area contributed by atoms with Crippen LogP contribution in [-0.2, 0) is 6.54 Å². The number of amides is 3. The predicted molar refractivity (Wildman–Crippen MR) is 123 cm³/mol. The molecule has 0 aliphatic carbocycles. The lowest BCUT2D eigenvalue weighted by Crippen LogP contribution is -2.38. The van der Waals surface area contributed by atoms with Gasteiger partial charge < -0.3 is 26.7 Å². The van der Waals surface area contributed by atoms with E-state index >= 15 is 0 Å². The molecular formula is C22H22ClFN6O3. The molecule has 0 radical (unpaired) electrons. The molecule has 0 aliphatic rings. The van der Waals surface area contributed by atoms with E-state index in [9.17, 15) is 18.8 Å². The molecule has 0 aliphatic heterocycles. The minimum Gasteiger partial charge on any atom is -0.364 e. The normalized spacial score (nSPS) is 11.2. The summed E-state index contributed by atoms with van der Waals surface area (Å²) in [7, 11) is 0. The molecule has 3 amide bonds. The third-order valence-electron chi connectivity index (χ3n) is 4.44. The van der Waals surface area contributed by atoms with Gasteiger partial charge in [0.05, 0.1) is 16.9 Å². The second-order valence-electron chi connectivity index (χ2n) is 8.03. The maximum Gasteiger partial charge on any atom is 0.276 e. The zero-order valence-electron chi connectivity index (χ0n) is 17.9. The average Bonchev–Trinajstić information content (AvgIpc) is 3.11. The number of hydrogen-bond donors (Lipinski definition) is 4. The van der Waals surface area contributed by atoms with Crippen LogP contribution in [0.1, 0.15) is 45.2 Å². The van der Waals surface area contributed by atoms with Gasteiger partial charge in [-0.25, -0.2) is 9.37 Å². The number of anilines is 2. The number of nitrogens with zero attached hydrogens (tertiary/aromatic N) is 2. The number of carbonyl (C=O) groups excluding carboxylic acids is 3. The zero-order valence-corrected chi connectivity index (χ0v) is 18.6. The van der Waals surface area contributed by atoms with Gasteiger partial charge in [-0.3, -0.25) is 14.4 Å². The molecule has 0 fully saturated rings. The van der Waals surface area contributed by atoms with Crippen molar-refractivity contribution in [3.05, 3.63) is 76.6 Å². The highest BCUT2D eigenvalue weighted by atomic mass is 35.5. The molecule has 0 atom stereocenters. The third-order valence-corrected chi connectivity index (χ3v) is 4.75. The van der Waals surface area contributed by atoms with Crippen molar-refractivity contribution < 1.29 is 18.8 Å². The number of nitrogens with one attached hydrogen (secondary N) is 2. The number of halogens is 2. The fourth-order valence-electron chi connectivity index (χ4n) is 3.06. The first-order valence-electron chi connectivity index (χ1n) is 9.76. The van der Waals surface area contributed by atoms with Gasteiger partial charge in [0.15, 0.2) is 5.69 Å². The van der Waals surface area contributed by atoms with E-state index in [0.29, 0.717) is 11.4 Å². The highest BCUT2D eigenvalue weighted by Gasteiger charge is 2.24. The van der Waals surface area contributed by atoms with Gasteiger partial charge in [0.2, 0.25) is 0 Å². The second-order valence-corrected chi connectivity index (χ2v) is 8.44. The van der Waals surface area contributed by atoms with Gasteiger partial charge in [-0.2, -0.15) is 0 Å². The van der Waals surface area contributed by atoms with Crippen molar-refractivity contribution in [2.24, 2.45) is 11.5 Å². The molecule has 33 heavy (non-hydrogen) atoms. The maximum atomic E-state index is 13.2. The van der Waals surface area contributed by atoms with Crippen LogP contribution < -0.4 is 22.1 Å². The van der Waals surface area contributed by atoms with Gasteiger partial charge in [-0.1, -0.05) is 11.6 Å². The van der Waals surface area contributed by atoms with Crippen LogP contribution in [0.5, 0.6) is 0 Å². The SMILES string of the molecule is CC(C)(N)Cn1cnc(C(=O)Nc2ccc(NC(=O)c3ccc(F)cc3Cl)cc2)c1C(N)=O. The van der Waals surface area contributed by atoms with Crippen molar-refractivity contribution in [1.82, 2.24) is 9.55 Å². The van der Waals surface area contributed by atoms with E-state index < -0.39 is 29.1 Å². The number of imidazole rings is 1. The van der Waals surface area contributed by atoms with Crippen LogP contribution in [0.3, 0.4) is 0 Å². The van der Waals surface area contributed by atoms with Crippen LogP contribution in [0.2, 0.25) is 5.02 Å². The number of hydrogen-bond acceptors (Lipinski definition) is 5. The smallest absolute Gasteiger partial charge is 0.276 e. The Morgan fingerprint density at radius 1 is 1.06 bits per heavy atom. The second kappa shape index (κ2) is 9.39. The molecule has 172 valence electrons. The predicted octanol–water partition coefficient (Wildman–Crippen LogP) is 3.02. The number of aromatic nitrogens is 2. The van der Waals surface area contributed by atoms with Crippen molar-refractivity contribution in [3.63, 3.8) is 0 Å². The number of nitrogens with two attached hydrogens (primary N) is 2. The Morgan fingerprint density at radius 2 is 1.64 bits per heavy atom. The molecule has 0 saturated carbocycles. The van der Waals surface area contributed by atoms with Gasteiger partial charge >= 0.3 is 0 Å². The Bertz CT molecular complexity index is 1220. The fourth-order valence-corrected chi connectivity index (χ4v) is 3.32. The first-order chi connectivity index (χ1) is 15.4. The molecule has 0 saturated heterocycles. The molecule has 0 bridgehead atoms. The summed E-state index contributed by atoms with van der Waals surface area (Å²) >= 11 is 5.91. The number of carbonyl (C=O) groups is 3. The van der Waals surface area contributed by atoms with Crippen LogP contribution >= 0.6 is 11.6 Å². The van der Waals surface area contributed by atoms with Crippen LogP contribution in [-0.4, -0.2) is 32.8 Å². The maximum absolute atomic E-state index is 13.2. The van der Waals surface area contributed by atoms with Crippen LogP contribution in [0.15, 0.2) is 48.8 Å². The van der Waals surface area contributed by atoms with Crippen molar-refractivity contribution in [1.29, 1.82) is 0 Å². The van der Waals surface area contributed by atoms with Gasteiger partial charge in [-0.15, -0.1) is 0 Å². The summed E-state index contributed by atoms with van der Waals surface area (Å²) in [5.41, 5.74) is 11.5. The molecule has 1 aromatic heterocycles. The van der Waals surface area contributed by atoms with Gasteiger partial charge in [0.1, 0.15) is 11.5 Å². The van der Waals surface area contributed by atoms with Gasteiger partial charge in [-0.05, 0) is 56.3 Å². The van der Waals surface area contributed by atoms with Crippen LogP contribution in [0, 0.1) is 5.82 Å². The number of primary amides is 1. The van der Waals surface area contributed by atoms with E-state index in [1.54, 1.807) is 38.1 Å². The molecule has 9 nitrogen and oxygen atoms in total. The summed E-state index contributed by atoms with van der Waals surface area (Å²) in [4.78, 5) is 41.0. The molecule has 1 heterocycles. The quantitative estimate of drug-likeness (QED) is 0.417. The third kappa shape index (κ3) is 5.93. The van der Waals surface area contributed by atoms with E-state index in [1.807, 2.05) is 0 Å². The molecule has 2 aromatic carbocycles. The topological polar surface area (TPSA) is 145 Å². The fraction of sp³-hybridized carbons (Fsp3) is 0.182. The van der Waals surface area contributed by atoms with Gasteiger partial charge in [0.25, 0.3) is 17.7 Å². The number of benzene rings is 2. The molecule has 3 aromatic rings. The Kier molecular flexibility index (Phi) is 6.80. The van der Waals surface area contributed by atoms with E-state index in [4.69, 9.17) is 23.1 Å². The van der Waals surface area contributed by atoms with Crippen molar-refractivity contribution in [2.45, 2.75) is 25.9 Å². The largest absolute Gasteiger partial charge is 0.364 e. The van der Waals surface area contributed by atoms with Gasteiger partial charge in [0, 0.05) is 23.5 Å². The Hall–Kier alpha value is -3.76. The Balaban J connectivity index is 1.72. The first-order valence-corrected chi connectivity index (χ1v) is 10.1. The van der Waals surface area contributed by atoms with E-state index in [0.717, 1.165) is 12.1 Å². The van der Waals surface area contributed by atoms with E-state index in [2.05, 4.69) is 15.6 Å². The summed E-state index contributed by atoms with van der Waals surface area (Å²) in [6.45, 7) is 3.77. The zero-order chi connectivity index (χ0) is 24.3. The summed E-state index contributed by atoms with van der Waals surface area (Å²) in [5, 5.41) is 5.25. The lowest BCUT2D eigenvalue weighted by molar-refractivity contribution is 0.0967. The van der Waals surface area contributed by atoms with Crippen LogP contribution in [0.25, 0.3) is 0 Å². The highest BCUT2D eigenvalue weighted by molar-refractivity contribution is 6.34. The molecule has 3 rings (SSSR count). The number of rotatable bonds is 7. The summed E-state index contributed by atoms with van der Waals surface area (Å²) in [6.07, 6.45) is 1.34. The summed E-state index contributed by atoms with van der Waals surface area (Å²) in [5.74, 6) is -2.50. The first kappa shape index (κ1) is 23.9. The molecule has 0 spiro atoms.